The molecule has 0 aliphatic carbocycles. The summed E-state index contributed by atoms with van der Waals surface area (Å²) in [6.07, 6.45) is 9.30. The molecule has 10 nitrogen and oxygen atoms in total. The van der Waals surface area contributed by atoms with Gasteiger partial charge in [0.25, 0.3) is 0 Å². The van der Waals surface area contributed by atoms with Crippen molar-refractivity contribution in [2.75, 3.05) is 38.7 Å². The highest BCUT2D eigenvalue weighted by molar-refractivity contribution is 5.64. The van der Waals surface area contributed by atoms with E-state index in [1.165, 1.54) is 0 Å². The molecule has 1 atom stereocenters. The zero-order valence-corrected chi connectivity index (χ0v) is 21.5. The fourth-order valence-electron chi connectivity index (χ4n) is 4.57. The van der Waals surface area contributed by atoms with Gasteiger partial charge in [-0.15, -0.1) is 0 Å². The van der Waals surface area contributed by atoms with Gasteiger partial charge in [-0.05, 0) is 24.2 Å². The predicted molar refractivity (Wildman–Crippen MR) is 145 cm³/mol. The summed E-state index contributed by atoms with van der Waals surface area (Å²) < 4.78 is 15.6. The van der Waals surface area contributed by atoms with Gasteiger partial charge in [0.2, 0.25) is 0 Å². The molecule has 5 aromatic rings. The largest absolute Gasteiger partial charge is 0.491 e. The number of aryl methyl sites for hydroxylation is 1. The normalized spacial score (nSPS) is 16.1. The number of ether oxygens (including phenoxy) is 2. The van der Waals surface area contributed by atoms with Gasteiger partial charge in [0, 0.05) is 56.8 Å². The summed E-state index contributed by atoms with van der Waals surface area (Å²) in [4.78, 5) is 15.7. The summed E-state index contributed by atoms with van der Waals surface area (Å²) >= 11 is 0. The maximum absolute atomic E-state index is 6.00. The average Bonchev–Trinajstić information content (AvgIpc) is 3.57. The lowest BCUT2D eigenvalue weighted by Gasteiger charge is -2.29. The van der Waals surface area contributed by atoms with Crippen LogP contribution in [0.5, 0.6) is 5.75 Å². The summed E-state index contributed by atoms with van der Waals surface area (Å²) in [6, 6.07) is 14.3. The lowest BCUT2D eigenvalue weighted by atomic mass is 10.1. The standard InChI is InChI=1S/C28H30N8O2/c1-34-9-10-37-24(17-34)18-38-23-7-8-36-26(15-30-28(36)11-23)25-12-27(32-19-31-25)29-13-20-3-5-21(6-4-20)22-14-33-35(2)16-22/h3-8,11-12,14-16,19,24H,9-10,13,17-18H2,1-2H3,(H,29,31,32)/t24-/m0/s1. The topological polar surface area (TPSA) is 94.6 Å². The first-order valence-corrected chi connectivity index (χ1v) is 12.6. The van der Waals surface area contributed by atoms with Crippen LogP contribution in [0.15, 0.2) is 73.6 Å². The van der Waals surface area contributed by atoms with Crippen molar-refractivity contribution < 1.29 is 9.47 Å². The first kappa shape index (κ1) is 24.1. The van der Waals surface area contributed by atoms with Crippen LogP contribution in [0, 0.1) is 0 Å². The number of likely N-dealkylation sites (N-methyl/N-ethyl adjacent to an activating group) is 1. The third-order valence-corrected chi connectivity index (χ3v) is 6.66. The van der Waals surface area contributed by atoms with Crippen molar-refractivity contribution >= 4 is 11.5 Å². The molecular weight excluding hydrogens is 480 g/mol. The molecule has 0 bridgehead atoms. The van der Waals surface area contributed by atoms with Gasteiger partial charge in [-0.1, -0.05) is 24.3 Å². The van der Waals surface area contributed by atoms with E-state index in [2.05, 4.69) is 61.6 Å². The van der Waals surface area contributed by atoms with E-state index in [9.17, 15) is 0 Å². The Morgan fingerprint density at radius 3 is 2.74 bits per heavy atom. The quantitative estimate of drug-likeness (QED) is 0.339. The predicted octanol–water partition coefficient (Wildman–Crippen LogP) is 3.51. The van der Waals surface area contributed by atoms with Crippen molar-refractivity contribution in [1.29, 1.82) is 0 Å². The summed E-state index contributed by atoms with van der Waals surface area (Å²) in [5.74, 6) is 1.52. The molecule has 6 rings (SSSR count). The van der Waals surface area contributed by atoms with E-state index < -0.39 is 0 Å². The van der Waals surface area contributed by atoms with Crippen molar-refractivity contribution in [3.63, 3.8) is 0 Å². The number of hydrogen-bond donors (Lipinski definition) is 1. The average molecular weight is 511 g/mol. The Balaban J connectivity index is 1.11. The van der Waals surface area contributed by atoms with Gasteiger partial charge in [-0.25, -0.2) is 15.0 Å². The maximum atomic E-state index is 6.00. The van der Waals surface area contributed by atoms with E-state index in [1.807, 2.05) is 54.4 Å². The van der Waals surface area contributed by atoms with Crippen LogP contribution < -0.4 is 10.1 Å². The third kappa shape index (κ3) is 5.36. The van der Waals surface area contributed by atoms with E-state index in [4.69, 9.17) is 9.47 Å². The Morgan fingerprint density at radius 1 is 1.03 bits per heavy atom. The monoisotopic (exact) mass is 510 g/mol. The minimum Gasteiger partial charge on any atom is -0.491 e. The molecule has 0 unspecified atom stereocenters. The van der Waals surface area contributed by atoms with Gasteiger partial charge < -0.3 is 19.7 Å². The van der Waals surface area contributed by atoms with Crippen LogP contribution in [-0.4, -0.2) is 73.5 Å². The molecular formula is C28H30N8O2. The van der Waals surface area contributed by atoms with Gasteiger partial charge in [0.15, 0.2) is 0 Å². The highest BCUT2D eigenvalue weighted by atomic mass is 16.5. The lowest BCUT2D eigenvalue weighted by molar-refractivity contribution is -0.0403. The van der Waals surface area contributed by atoms with Gasteiger partial charge >= 0.3 is 0 Å². The molecule has 0 amide bonds. The molecule has 5 heterocycles. The molecule has 1 aromatic carbocycles. The van der Waals surface area contributed by atoms with Gasteiger partial charge in [0.05, 0.1) is 30.4 Å². The Labute approximate surface area is 220 Å². The van der Waals surface area contributed by atoms with Crippen LogP contribution in [0.3, 0.4) is 0 Å². The molecule has 4 aromatic heterocycles. The van der Waals surface area contributed by atoms with Crippen LogP contribution in [0.25, 0.3) is 28.2 Å². The van der Waals surface area contributed by atoms with Crippen molar-refractivity contribution in [1.82, 2.24) is 34.0 Å². The number of anilines is 1. The number of hydrogen-bond acceptors (Lipinski definition) is 8. The molecule has 38 heavy (non-hydrogen) atoms. The number of benzene rings is 1. The molecule has 1 N–H and O–H groups in total. The van der Waals surface area contributed by atoms with Crippen molar-refractivity contribution in [2.45, 2.75) is 12.6 Å². The van der Waals surface area contributed by atoms with Crippen LogP contribution in [-0.2, 0) is 18.3 Å². The van der Waals surface area contributed by atoms with Gasteiger partial charge in [-0.2, -0.15) is 5.10 Å². The zero-order chi connectivity index (χ0) is 25.9. The number of imidazole rings is 1. The Kier molecular flexibility index (Phi) is 6.72. The fraction of sp³-hybridized carbons (Fsp3) is 0.286. The second-order valence-corrected chi connectivity index (χ2v) is 9.54. The second-order valence-electron chi connectivity index (χ2n) is 9.54. The Hall–Kier alpha value is -4.28. The highest BCUT2D eigenvalue weighted by Gasteiger charge is 2.18. The second kappa shape index (κ2) is 10.6. The number of nitrogens with one attached hydrogen (secondary N) is 1. The molecule has 1 saturated heterocycles. The minimum absolute atomic E-state index is 0.0753. The molecule has 0 spiro atoms. The lowest BCUT2D eigenvalue weighted by Crippen LogP contribution is -2.42. The van der Waals surface area contributed by atoms with Gasteiger partial charge in [-0.3, -0.25) is 9.08 Å². The molecule has 1 aliphatic heterocycles. The van der Waals surface area contributed by atoms with Crippen LogP contribution in [0.1, 0.15) is 5.56 Å². The van der Waals surface area contributed by atoms with E-state index >= 15 is 0 Å². The van der Waals surface area contributed by atoms with Crippen molar-refractivity contribution in [3.05, 3.63) is 79.1 Å². The first-order chi connectivity index (χ1) is 18.6. The van der Waals surface area contributed by atoms with E-state index in [-0.39, 0.29) is 6.10 Å². The SMILES string of the molecule is CN1CCO[C@H](COc2ccn3c(-c4cc(NCc5ccc(-c6cnn(C)c6)cc5)ncn4)cnc3c2)C1. The zero-order valence-electron chi connectivity index (χ0n) is 21.5. The third-order valence-electron chi connectivity index (χ3n) is 6.66. The molecule has 10 heteroatoms. The highest BCUT2D eigenvalue weighted by Crippen LogP contribution is 2.24. The number of nitrogens with zero attached hydrogens (tertiary/aromatic N) is 7. The number of aromatic nitrogens is 6. The van der Waals surface area contributed by atoms with E-state index in [1.54, 1.807) is 11.0 Å². The fourth-order valence-corrected chi connectivity index (χ4v) is 4.57. The van der Waals surface area contributed by atoms with Crippen molar-refractivity contribution in [3.8, 4) is 28.3 Å². The van der Waals surface area contributed by atoms with Crippen LogP contribution in [0.2, 0.25) is 0 Å². The minimum atomic E-state index is 0.0753. The van der Waals surface area contributed by atoms with Crippen molar-refractivity contribution in [2.24, 2.45) is 7.05 Å². The van der Waals surface area contributed by atoms with Crippen LogP contribution in [0.4, 0.5) is 5.82 Å². The summed E-state index contributed by atoms with van der Waals surface area (Å²) in [5, 5.41) is 7.65. The smallest absolute Gasteiger partial charge is 0.140 e. The molecule has 1 fully saturated rings. The number of fused-ring (bicyclic) bond motifs is 1. The summed E-state index contributed by atoms with van der Waals surface area (Å²) in [5.41, 5.74) is 5.86. The van der Waals surface area contributed by atoms with E-state index in [0.717, 1.165) is 65.0 Å². The molecule has 0 radical (unpaired) electrons. The number of morpholine rings is 1. The van der Waals surface area contributed by atoms with E-state index in [0.29, 0.717) is 13.2 Å². The Morgan fingerprint density at radius 2 is 1.92 bits per heavy atom. The molecule has 194 valence electrons. The Bertz CT molecular complexity index is 1530. The van der Waals surface area contributed by atoms with Gasteiger partial charge in [0.1, 0.15) is 36.3 Å². The number of rotatable bonds is 8. The first-order valence-electron chi connectivity index (χ1n) is 12.6. The summed E-state index contributed by atoms with van der Waals surface area (Å²) in [7, 11) is 4.02. The number of pyridine rings is 1. The maximum Gasteiger partial charge on any atom is 0.140 e. The molecule has 1 aliphatic rings. The molecule has 0 saturated carbocycles. The van der Waals surface area contributed by atoms with Crippen LogP contribution >= 0.6 is 0 Å². The summed E-state index contributed by atoms with van der Waals surface area (Å²) in [6.45, 7) is 3.73.